The first-order valence-electron chi connectivity index (χ1n) is 9.77. The van der Waals surface area contributed by atoms with E-state index in [0.29, 0.717) is 16.0 Å². The van der Waals surface area contributed by atoms with Crippen molar-refractivity contribution in [3.63, 3.8) is 0 Å². The second-order valence-electron chi connectivity index (χ2n) is 8.25. The Hall–Kier alpha value is -2.92. The van der Waals surface area contributed by atoms with Gasteiger partial charge in [-0.3, -0.25) is 4.48 Å². The van der Waals surface area contributed by atoms with E-state index < -0.39 is 7.32 Å². The van der Waals surface area contributed by atoms with Crippen LogP contribution in [-0.4, -0.2) is 28.5 Å². The Morgan fingerprint density at radius 3 is 1.48 bits per heavy atom. The SMILES string of the molecule is Cc1ccc(OB(Oc2ccc(C)cc2)Oc2ccc(C)cc2[N+](C)(C)C)cc1. The molecular formula is C24H29BNO3+. The molecule has 0 spiro atoms. The molecule has 150 valence electrons. The van der Waals surface area contributed by atoms with Gasteiger partial charge in [0.2, 0.25) is 0 Å². The molecule has 29 heavy (non-hydrogen) atoms. The van der Waals surface area contributed by atoms with E-state index in [0.717, 1.165) is 11.4 Å². The van der Waals surface area contributed by atoms with Crippen LogP contribution in [0.25, 0.3) is 0 Å². The highest BCUT2D eigenvalue weighted by atomic mass is 16.7. The molecule has 0 aliphatic carbocycles. The Kier molecular flexibility index (Phi) is 6.19. The molecule has 3 rings (SSSR count). The Bertz CT molecular complexity index is 900. The van der Waals surface area contributed by atoms with E-state index in [2.05, 4.69) is 34.1 Å². The zero-order chi connectivity index (χ0) is 21.0. The van der Waals surface area contributed by atoms with Crippen molar-refractivity contribution in [1.29, 1.82) is 0 Å². The lowest BCUT2D eigenvalue weighted by Gasteiger charge is -2.27. The van der Waals surface area contributed by atoms with E-state index in [1.54, 1.807) is 0 Å². The number of quaternary nitrogens is 1. The highest BCUT2D eigenvalue weighted by Crippen LogP contribution is 2.32. The third-order valence-electron chi connectivity index (χ3n) is 4.57. The van der Waals surface area contributed by atoms with Crippen LogP contribution >= 0.6 is 0 Å². The lowest BCUT2D eigenvalue weighted by Crippen LogP contribution is -2.39. The summed E-state index contributed by atoms with van der Waals surface area (Å²) in [6, 6.07) is 21.8. The largest absolute Gasteiger partial charge is 0.864 e. The summed E-state index contributed by atoms with van der Waals surface area (Å²) in [5.41, 5.74) is 4.56. The van der Waals surface area contributed by atoms with Crippen LogP contribution in [-0.2, 0) is 0 Å². The van der Waals surface area contributed by atoms with Crippen LogP contribution in [0.15, 0.2) is 66.7 Å². The Morgan fingerprint density at radius 2 is 1.03 bits per heavy atom. The van der Waals surface area contributed by atoms with Gasteiger partial charge < -0.3 is 14.0 Å². The van der Waals surface area contributed by atoms with Gasteiger partial charge in [0.15, 0.2) is 11.4 Å². The maximum Gasteiger partial charge on any atom is 0.864 e. The van der Waals surface area contributed by atoms with Gasteiger partial charge in [0.25, 0.3) is 0 Å². The minimum Gasteiger partial charge on any atom is -0.490 e. The van der Waals surface area contributed by atoms with Gasteiger partial charge >= 0.3 is 7.32 Å². The summed E-state index contributed by atoms with van der Waals surface area (Å²) in [6.45, 7) is 6.16. The summed E-state index contributed by atoms with van der Waals surface area (Å²) in [5, 5.41) is 0. The molecule has 3 aromatic rings. The summed E-state index contributed by atoms with van der Waals surface area (Å²) in [4.78, 5) is 0. The van der Waals surface area contributed by atoms with E-state index >= 15 is 0 Å². The number of hydrogen-bond acceptors (Lipinski definition) is 3. The maximum atomic E-state index is 6.24. The summed E-state index contributed by atoms with van der Waals surface area (Å²) in [7, 11) is 5.41. The van der Waals surface area contributed by atoms with Crippen LogP contribution < -0.4 is 18.4 Å². The van der Waals surface area contributed by atoms with Crippen molar-refractivity contribution in [3.8, 4) is 17.2 Å². The molecular weight excluding hydrogens is 361 g/mol. The van der Waals surface area contributed by atoms with Gasteiger partial charge in [-0.05, 0) is 56.7 Å². The Balaban J connectivity index is 1.90. The molecule has 0 atom stereocenters. The lowest BCUT2D eigenvalue weighted by molar-refractivity contribution is 0.303. The van der Waals surface area contributed by atoms with Crippen molar-refractivity contribution in [2.75, 3.05) is 21.1 Å². The minimum atomic E-state index is -0.923. The molecule has 0 amide bonds. The molecule has 0 radical (unpaired) electrons. The maximum absolute atomic E-state index is 6.24. The summed E-state index contributed by atoms with van der Waals surface area (Å²) in [5.74, 6) is 2.10. The summed E-state index contributed by atoms with van der Waals surface area (Å²) >= 11 is 0. The summed E-state index contributed by atoms with van der Waals surface area (Å²) < 4.78 is 19.0. The second kappa shape index (κ2) is 8.62. The average Bonchev–Trinajstić information content (AvgIpc) is 2.66. The van der Waals surface area contributed by atoms with Crippen molar-refractivity contribution < 1.29 is 14.0 Å². The quantitative estimate of drug-likeness (QED) is 0.403. The number of nitrogens with zero attached hydrogens (tertiary/aromatic N) is 1. The van der Waals surface area contributed by atoms with Gasteiger partial charge in [-0.25, -0.2) is 0 Å². The molecule has 0 aromatic heterocycles. The van der Waals surface area contributed by atoms with Crippen molar-refractivity contribution in [1.82, 2.24) is 4.48 Å². The number of hydrogen-bond donors (Lipinski definition) is 0. The number of rotatable bonds is 7. The lowest BCUT2D eigenvalue weighted by atomic mass is 10.1. The van der Waals surface area contributed by atoms with E-state index in [4.69, 9.17) is 14.0 Å². The molecule has 3 aromatic carbocycles. The average molecular weight is 390 g/mol. The zero-order valence-electron chi connectivity index (χ0n) is 18.1. The fourth-order valence-electron chi connectivity index (χ4n) is 2.88. The molecule has 0 aliphatic heterocycles. The van der Waals surface area contributed by atoms with E-state index in [9.17, 15) is 0 Å². The topological polar surface area (TPSA) is 27.7 Å². The van der Waals surface area contributed by atoms with Gasteiger partial charge in [-0.1, -0.05) is 41.5 Å². The highest BCUT2D eigenvalue weighted by Gasteiger charge is 2.33. The first-order valence-corrected chi connectivity index (χ1v) is 9.77. The monoisotopic (exact) mass is 390 g/mol. The molecule has 0 bridgehead atoms. The Morgan fingerprint density at radius 1 is 0.586 bits per heavy atom. The molecule has 0 N–H and O–H groups in total. The van der Waals surface area contributed by atoms with E-state index in [1.165, 1.54) is 16.7 Å². The fourth-order valence-corrected chi connectivity index (χ4v) is 2.88. The molecule has 0 aliphatic rings. The number of benzene rings is 3. The van der Waals surface area contributed by atoms with Crippen molar-refractivity contribution in [2.45, 2.75) is 20.8 Å². The van der Waals surface area contributed by atoms with Crippen molar-refractivity contribution in [3.05, 3.63) is 83.4 Å². The molecule has 0 fully saturated rings. The predicted octanol–water partition coefficient (Wildman–Crippen LogP) is 5.33. The van der Waals surface area contributed by atoms with Crippen LogP contribution in [0.2, 0.25) is 0 Å². The Labute approximate surface area is 174 Å². The van der Waals surface area contributed by atoms with E-state index in [-0.39, 0.29) is 0 Å². The molecule has 0 saturated carbocycles. The first kappa shape index (κ1) is 20.8. The third-order valence-corrected chi connectivity index (χ3v) is 4.57. The van der Waals surface area contributed by atoms with Crippen molar-refractivity contribution in [2.24, 2.45) is 0 Å². The van der Waals surface area contributed by atoms with Gasteiger partial charge in [0.1, 0.15) is 11.5 Å². The third kappa shape index (κ3) is 5.78. The highest BCUT2D eigenvalue weighted by molar-refractivity contribution is 6.39. The molecule has 4 nitrogen and oxygen atoms in total. The van der Waals surface area contributed by atoms with Crippen LogP contribution in [0, 0.1) is 20.8 Å². The van der Waals surface area contributed by atoms with Crippen LogP contribution in [0.4, 0.5) is 5.69 Å². The van der Waals surface area contributed by atoms with Gasteiger partial charge in [0.05, 0.1) is 21.1 Å². The standard InChI is InChI=1S/C24H29BNO3/c1-18-7-12-21(13-8-18)27-25(28-22-14-9-19(2)10-15-22)29-24-16-11-20(3)17-23(24)26(4,5)6/h7-17H,1-6H3/q+1. The van der Waals surface area contributed by atoms with E-state index in [1.807, 2.05) is 74.5 Å². The molecule has 0 unspecified atom stereocenters. The fraction of sp³-hybridized carbons (Fsp3) is 0.250. The normalized spacial score (nSPS) is 11.1. The van der Waals surface area contributed by atoms with Gasteiger partial charge in [-0.2, -0.15) is 0 Å². The minimum absolute atomic E-state index is 0.624. The smallest absolute Gasteiger partial charge is 0.490 e. The molecule has 0 saturated heterocycles. The first-order chi connectivity index (χ1) is 13.7. The second-order valence-corrected chi connectivity index (χ2v) is 8.25. The van der Waals surface area contributed by atoms with Crippen LogP contribution in [0.3, 0.4) is 0 Å². The summed E-state index contributed by atoms with van der Waals surface area (Å²) in [6.07, 6.45) is 0. The van der Waals surface area contributed by atoms with Crippen LogP contribution in [0.1, 0.15) is 16.7 Å². The van der Waals surface area contributed by atoms with Gasteiger partial charge in [0, 0.05) is 6.07 Å². The van der Waals surface area contributed by atoms with Crippen LogP contribution in [0.5, 0.6) is 17.2 Å². The zero-order valence-corrected chi connectivity index (χ0v) is 18.1. The number of aryl methyl sites for hydroxylation is 3. The molecule has 0 heterocycles. The molecule has 5 heteroatoms. The van der Waals surface area contributed by atoms with Crippen molar-refractivity contribution >= 4 is 13.0 Å². The van der Waals surface area contributed by atoms with Gasteiger partial charge in [-0.15, -0.1) is 0 Å². The predicted molar refractivity (Wildman–Crippen MR) is 121 cm³/mol.